The van der Waals surface area contributed by atoms with Crippen LogP contribution in [0.2, 0.25) is 0 Å². The van der Waals surface area contributed by atoms with Gasteiger partial charge in [-0.25, -0.2) is 4.79 Å². The number of carboxylic acids is 1. The average Bonchev–Trinajstić information content (AvgIpc) is 2.59. The van der Waals surface area contributed by atoms with Crippen LogP contribution in [0.25, 0.3) is 0 Å². The van der Waals surface area contributed by atoms with Gasteiger partial charge in [0.15, 0.2) is 0 Å². The normalized spacial score (nSPS) is 14.4. The molecule has 0 heterocycles. The highest BCUT2D eigenvalue weighted by molar-refractivity contribution is 5.91. The molecule has 9 heteroatoms. The van der Waals surface area contributed by atoms with Crippen molar-refractivity contribution in [3.63, 3.8) is 0 Å². The second kappa shape index (κ2) is 14.4. The first-order valence-electron chi connectivity index (χ1n) is 9.72. The zero-order valence-electron chi connectivity index (χ0n) is 16.6. The van der Waals surface area contributed by atoms with Gasteiger partial charge in [0.05, 0.1) is 6.04 Å². The number of carbonyl (C=O) groups is 3. The number of nitrogens with one attached hydrogen (secondary N) is 2. The van der Waals surface area contributed by atoms with Crippen molar-refractivity contribution < 1.29 is 19.5 Å². The molecule has 0 unspecified atom stereocenters. The fourth-order valence-electron chi connectivity index (χ4n) is 2.68. The Morgan fingerprint density at radius 3 is 1.78 bits per heavy atom. The molecule has 2 amide bonds. The van der Waals surface area contributed by atoms with E-state index in [2.05, 4.69) is 10.6 Å². The van der Waals surface area contributed by atoms with Crippen molar-refractivity contribution in [3.8, 4) is 0 Å². The third-order valence-corrected chi connectivity index (χ3v) is 4.20. The van der Waals surface area contributed by atoms with E-state index in [1.165, 1.54) is 0 Å². The van der Waals surface area contributed by atoms with E-state index in [1.54, 1.807) is 0 Å². The minimum Gasteiger partial charge on any atom is -0.480 e. The number of amides is 2. The molecule has 0 aliphatic heterocycles. The largest absolute Gasteiger partial charge is 0.480 e. The Labute approximate surface area is 161 Å². The van der Waals surface area contributed by atoms with Crippen molar-refractivity contribution in [1.29, 1.82) is 0 Å². The van der Waals surface area contributed by atoms with E-state index < -0.39 is 35.9 Å². The second-order valence-electron chi connectivity index (χ2n) is 7.27. The van der Waals surface area contributed by atoms with Gasteiger partial charge in [-0.1, -0.05) is 13.8 Å². The van der Waals surface area contributed by atoms with E-state index in [0.29, 0.717) is 51.6 Å². The van der Waals surface area contributed by atoms with Gasteiger partial charge in [-0.2, -0.15) is 0 Å². The molecule has 158 valence electrons. The fraction of sp³-hybridized carbons (Fsp3) is 0.833. The molecule has 27 heavy (non-hydrogen) atoms. The van der Waals surface area contributed by atoms with Crippen molar-refractivity contribution in [3.05, 3.63) is 0 Å². The van der Waals surface area contributed by atoms with E-state index in [4.69, 9.17) is 17.2 Å². The maximum Gasteiger partial charge on any atom is 0.326 e. The van der Waals surface area contributed by atoms with E-state index in [-0.39, 0.29) is 12.3 Å². The lowest BCUT2D eigenvalue weighted by atomic mass is 10.0. The molecule has 9 N–H and O–H groups in total. The Hall–Kier alpha value is -1.71. The number of carbonyl (C=O) groups excluding carboxylic acids is 2. The van der Waals surface area contributed by atoms with Crippen molar-refractivity contribution in [2.75, 3.05) is 13.1 Å². The predicted molar refractivity (Wildman–Crippen MR) is 105 cm³/mol. The molecule has 0 saturated carbocycles. The van der Waals surface area contributed by atoms with Gasteiger partial charge in [-0.3, -0.25) is 9.59 Å². The molecule has 0 rings (SSSR count). The standard InChI is InChI=1S/C18H37N5O4/c1-12(2)11-13(21)16(24)22-14(7-3-5-9-19)17(25)23-15(18(26)27)8-4-6-10-20/h12-15H,3-11,19-21H2,1-2H3,(H,22,24)(H,23,25)(H,26,27)/t13-,14-,15-/m0/s1. The molecule has 0 bridgehead atoms. The number of rotatable bonds is 15. The zero-order chi connectivity index (χ0) is 20.8. The summed E-state index contributed by atoms with van der Waals surface area (Å²) in [5, 5.41) is 14.5. The molecule has 0 aliphatic carbocycles. The first-order chi connectivity index (χ1) is 12.7. The highest BCUT2D eigenvalue weighted by atomic mass is 16.4. The Bertz CT molecular complexity index is 459. The number of hydrogen-bond donors (Lipinski definition) is 6. The lowest BCUT2D eigenvalue weighted by molar-refractivity contribution is -0.142. The lowest BCUT2D eigenvalue weighted by Gasteiger charge is -2.23. The third-order valence-electron chi connectivity index (χ3n) is 4.20. The van der Waals surface area contributed by atoms with Gasteiger partial charge in [0.1, 0.15) is 12.1 Å². The van der Waals surface area contributed by atoms with E-state index >= 15 is 0 Å². The van der Waals surface area contributed by atoms with Crippen LogP contribution in [0.3, 0.4) is 0 Å². The topological polar surface area (TPSA) is 174 Å². The minimum absolute atomic E-state index is 0.245. The van der Waals surface area contributed by atoms with Crippen LogP contribution >= 0.6 is 0 Å². The van der Waals surface area contributed by atoms with Gasteiger partial charge in [-0.15, -0.1) is 0 Å². The Morgan fingerprint density at radius 2 is 1.33 bits per heavy atom. The SMILES string of the molecule is CC(C)C[C@H](N)C(=O)N[C@@H](CCCCN)C(=O)N[C@@H](CCCCN)C(=O)O. The van der Waals surface area contributed by atoms with Crippen molar-refractivity contribution in [1.82, 2.24) is 10.6 Å². The molecule has 0 radical (unpaired) electrons. The van der Waals surface area contributed by atoms with Crippen molar-refractivity contribution >= 4 is 17.8 Å². The quantitative estimate of drug-likeness (QED) is 0.209. The van der Waals surface area contributed by atoms with Crippen LogP contribution in [0.4, 0.5) is 0 Å². The van der Waals surface area contributed by atoms with Crippen molar-refractivity contribution in [2.24, 2.45) is 23.1 Å². The Morgan fingerprint density at radius 1 is 0.852 bits per heavy atom. The van der Waals surface area contributed by atoms with E-state index in [0.717, 1.165) is 0 Å². The van der Waals surface area contributed by atoms with Crippen LogP contribution in [0.15, 0.2) is 0 Å². The van der Waals surface area contributed by atoms with Gasteiger partial charge in [0.25, 0.3) is 0 Å². The van der Waals surface area contributed by atoms with E-state index in [1.807, 2.05) is 13.8 Å². The second-order valence-corrected chi connectivity index (χ2v) is 7.27. The summed E-state index contributed by atoms with van der Waals surface area (Å²) in [4.78, 5) is 36.3. The Balaban J connectivity index is 4.93. The van der Waals surface area contributed by atoms with Gasteiger partial charge in [-0.05, 0) is 64.0 Å². The summed E-state index contributed by atoms with van der Waals surface area (Å²) in [6.45, 7) is 4.85. The molecule has 0 aromatic heterocycles. The maximum atomic E-state index is 12.6. The maximum absolute atomic E-state index is 12.6. The summed E-state index contributed by atoms with van der Waals surface area (Å²) in [5.74, 6) is -1.79. The summed E-state index contributed by atoms with van der Waals surface area (Å²) < 4.78 is 0. The Kier molecular flexibility index (Phi) is 13.5. The molecule has 0 spiro atoms. The first-order valence-corrected chi connectivity index (χ1v) is 9.72. The van der Waals surface area contributed by atoms with Crippen molar-refractivity contribution in [2.45, 2.75) is 76.9 Å². The monoisotopic (exact) mass is 387 g/mol. The first kappa shape index (κ1) is 25.3. The molecule has 3 atom stereocenters. The molecular formula is C18H37N5O4. The summed E-state index contributed by atoms with van der Waals surface area (Å²) in [6, 6.07) is -2.56. The van der Waals surface area contributed by atoms with E-state index in [9.17, 15) is 19.5 Å². The summed E-state index contributed by atoms with van der Waals surface area (Å²) in [7, 11) is 0. The molecule has 0 aliphatic rings. The molecule has 0 aromatic carbocycles. The van der Waals surface area contributed by atoms with Gasteiger partial charge in [0.2, 0.25) is 11.8 Å². The lowest BCUT2D eigenvalue weighted by Crippen LogP contribution is -2.54. The predicted octanol–water partition coefficient (Wildman–Crippen LogP) is -0.328. The number of carboxylic acid groups (broad SMARTS) is 1. The van der Waals surface area contributed by atoms with Crippen LogP contribution in [0.1, 0.15) is 58.8 Å². The summed E-state index contributed by atoms with van der Waals surface area (Å²) in [6.07, 6.45) is 3.78. The van der Waals surface area contributed by atoms with Crippen LogP contribution in [-0.4, -0.2) is 54.1 Å². The smallest absolute Gasteiger partial charge is 0.326 e. The molecule has 0 fully saturated rings. The summed E-state index contributed by atoms with van der Waals surface area (Å²) >= 11 is 0. The van der Waals surface area contributed by atoms with Gasteiger partial charge < -0.3 is 32.9 Å². The molecular weight excluding hydrogens is 350 g/mol. The average molecular weight is 388 g/mol. The molecule has 0 saturated heterocycles. The number of aliphatic carboxylic acids is 1. The third kappa shape index (κ3) is 11.6. The zero-order valence-corrected chi connectivity index (χ0v) is 16.6. The highest BCUT2D eigenvalue weighted by Crippen LogP contribution is 2.07. The highest BCUT2D eigenvalue weighted by Gasteiger charge is 2.27. The number of unbranched alkanes of at least 4 members (excludes halogenated alkanes) is 2. The van der Waals surface area contributed by atoms with Gasteiger partial charge in [0, 0.05) is 0 Å². The number of nitrogens with two attached hydrogens (primary N) is 3. The van der Waals surface area contributed by atoms with Crippen LogP contribution in [0, 0.1) is 5.92 Å². The van der Waals surface area contributed by atoms with Crippen LogP contribution in [0.5, 0.6) is 0 Å². The fourth-order valence-corrected chi connectivity index (χ4v) is 2.68. The molecule has 0 aromatic rings. The summed E-state index contributed by atoms with van der Waals surface area (Å²) in [5.41, 5.74) is 16.8. The van der Waals surface area contributed by atoms with Crippen LogP contribution in [-0.2, 0) is 14.4 Å². The van der Waals surface area contributed by atoms with Crippen LogP contribution < -0.4 is 27.8 Å². The number of hydrogen-bond acceptors (Lipinski definition) is 6. The molecule has 9 nitrogen and oxygen atoms in total. The minimum atomic E-state index is -1.11. The van der Waals surface area contributed by atoms with Gasteiger partial charge >= 0.3 is 5.97 Å².